The highest BCUT2D eigenvalue weighted by Crippen LogP contribution is 2.39. The molecule has 33 heavy (non-hydrogen) atoms. The lowest BCUT2D eigenvalue weighted by Gasteiger charge is -2.22. The van der Waals surface area contributed by atoms with Gasteiger partial charge in [0.2, 0.25) is 5.78 Å². The fourth-order valence-corrected chi connectivity index (χ4v) is 3.20. The summed E-state index contributed by atoms with van der Waals surface area (Å²) >= 11 is 0. The van der Waals surface area contributed by atoms with Gasteiger partial charge in [0.1, 0.15) is 0 Å². The van der Waals surface area contributed by atoms with Crippen molar-refractivity contribution in [3.05, 3.63) is 52.7 Å². The predicted molar refractivity (Wildman–Crippen MR) is 110 cm³/mol. The molecule has 1 aliphatic heterocycles. The van der Waals surface area contributed by atoms with Gasteiger partial charge in [-0.05, 0) is 23.8 Å². The van der Waals surface area contributed by atoms with Crippen LogP contribution in [0.4, 0.5) is 0 Å². The van der Waals surface area contributed by atoms with Crippen molar-refractivity contribution >= 4 is 35.7 Å². The number of fused-ring (bicyclic) bond motifs is 1. The van der Waals surface area contributed by atoms with Crippen LogP contribution in [0.2, 0.25) is 0 Å². The molecule has 0 bridgehead atoms. The van der Waals surface area contributed by atoms with Crippen molar-refractivity contribution in [1.82, 2.24) is 0 Å². The second-order valence-corrected chi connectivity index (χ2v) is 7.07. The Labute approximate surface area is 188 Å². The predicted octanol–water partition coefficient (Wildman–Crippen LogP) is 2.51. The fourth-order valence-electron chi connectivity index (χ4n) is 3.20. The molecule has 1 aromatic carbocycles. The molecular formula is C23H20O10. The lowest BCUT2D eigenvalue weighted by molar-refractivity contribution is -0.150. The topological polar surface area (TPSA) is 132 Å². The van der Waals surface area contributed by atoms with Crippen molar-refractivity contribution in [2.24, 2.45) is 0 Å². The first kappa shape index (κ1) is 23.5. The van der Waals surface area contributed by atoms with Crippen LogP contribution in [-0.4, -0.2) is 35.8 Å². The van der Waals surface area contributed by atoms with E-state index in [2.05, 4.69) is 0 Å². The lowest BCUT2D eigenvalue weighted by Crippen LogP contribution is -2.25. The molecule has 0 saturated carbocycles. The standard InChI is InChI=1S/C23H20O10/c1-11(24)29-17-7-5-15(9-19(17)31-13(3)26)10-20-21(28)16-6-8-18(30-12(2)25)23(22(16)33-20)32-14(4)27/h5-7,9-10,18H,8H2,1-4H3/b20-10+. The molecule has 0 N–H and O–H groups in total. The van der Waals surface area contributed by atoms with E-state index in [9.17, 15) is 24.0 Å². The maximum absolute atomic E-state index is 12.9. The van der Waals surface area contributed by atoms with Crippen molar-refractivity contribution < 1.29 is 47.7 Å². The van der Waals surface area contributed by atoms with Crippen LogP contribution < -0.4 is 9.47 Å². The van der Waals surface area contributed by atoms with Crippen molar-refractivity contribution in [3.63, 3.8) is 0 Å². The SMILES string of the molecule is CC(=O)OC1=C2O/C(=C/c3ccc(OC(C)=O)c(OC(C)=O)c3)C(=O)C2=CCC1OC(C)=O. The van der Waals surface area contributed by atoms with Gasteiger partial charge >= 0.3 is 23.9 Å². The van der Waals surface area contributed by atoms with E-state index in [-0.39, 0.29) is 40.8 Å². The van der Waals surface area contributed by atoms with E-state index in [1.165, 1.54) is 58.0 Å². The molecule has 10 heteroatoms. The molecule has 1 heterocycles. The summed E-state index contributed by atoms with van der Waals surface area (Å²) in [4.78, 5) is 58.6. The molecule has 1 aromatic rings. The van der Waals surface area contributed by atoms with E-state index in [4.69, 9.17) is 23.7 Å². The van der Waals surface area contributed by atoms with E-state index in [1.807, 2.05) is 0 Å². The highest BCUT2D eigenvalue weighted by atomic mass is 16.6. The Hall–Kier alpha value is -4.21. The van der Waals surface area contributed by atoms with Gasteiger partial charge in [0.15, 0.2) is 34.9 Å². The Morgan fingerprint density at radius 1 is 0.909 bits per heavy atom. The van der Waals surface area contributed by atoms with Crippen molar-refractivity contribution in [1.29, 1.82) is 0 Å². The molecule has 0 radical (unpaired) electrons. The van der Waals surface area contributed by atoms with Crippen molar-refractivity contribution in [2.45, 2.75) is 40.2 Å². The lowest BCUT2D eigenvalue weighted by atomic mass is 9.98. The number of carbonyl (C=O) groups is 5. The fraction of sp³-hybridized carbons (Fsp3) is 0.261. The van der Waals surface area contributed by atoms with E-state index in [0.717, 1.165) is 0 Å². The zero-order chi connectivity index (χ0) is 24.3. The maximum atomic E-state index is 12.9. The van der Waals surface area contributed by atoms with Crippen LogP contribution in [0.1, 0.15) is 39.7 Å². The number of hydrogen-bond donors (Lipinski definition) is 0. The van der Waals surface area contributed by atoms with E-state index in [1.54, 1.807) is 0 Å². The molecule has 0 amide bonds. The molecule has 1 atom stereocenters. The molecule has 0 aromatic heterocycles. The molecule has 10 nitrogen and oxygen atoms in total. The summed E-state index contributed by atoms with van der Waals surface area (Å²) < 4.78 is 26.2. The average Bonchev–Trinajstić information content (AvgIpc) is 3.00. The van der Waals surface area contributed by atoms with Crippen molar-refractivity contribution in [2.75, 3.05) is 0 Å². The number of ketones is 1. The summed E-state index contributed by atoms with van der Waals surface area (Å²) in [6, 6.07) is 4.31. The van der Waals surface area contributed by atoms with Gasteiger partial charge in [0.05, 0.1) is 5.57 Å². The van der Waals surface area contributed by atoms with Gasteiger partial charge in [-0.1, -0.05) is 12.1 Å². The maximum Gasteiger partial charge on any atom is 0.308 e. The number of benzene rings is 1. The molecular weight excluding hydrogens is 436 g/mol. The van der Waals surface area contributed by atoms with Gasteiger partial charge in [-0.25, -0.2) is 0 Å². The minimum atomic E-state index is -0.920. The first-order valence-corrected chi connectivity index (χ1v) is 9.80. The summed E-state index contributed by atoms with van der Waals surface area (Å²) in [5.74, 6) is -3.16. The van der Waals surface area contributed by atoms with Crippen LogP contribution in [0.3, 0.4) is 0 Å². The first-order valence-electron chi connectivity index (χ1n) is 9.80. The van der Waals surface area contributed by atoms with Crippen molar-refractivity contribution in [3.8, 4) is 11.5 Å². The highest BCUT2D eigenvalue weighted by molar-refractivity contribution is 6.15. The molecule has 0 spiro atoms. The van der Waals surface area contributed by atoms with Gasteiger partial charge in [-0.3, -0.25) is 24.0 Å². The minimum Gasteiger partial charge on any atom is -0.454 e. The Morgan fingerprint density at radius 2 is 1.55 bits per heavy atom. The third-order valence-corrected chi connectivity index (χ3v) is 4.31. The van der Waals surface area contributed by atoms with E-state index < -0.39 is 35.8 Å². The first-order chi connectivity index (χ1) is 15.5. The third kappa shape index (κ3) is 5.53. The monoisotopic (exact) mass is 456 g/mol. The van der Waals surface area contributed by atoms with Gasteiger partial charge in [0, 0.05) is 34.1 Å². The zero-order valence-corrected chi connectivity index (χ0v) is 18.3. The third-order valence-electron chi connectivity index (χ3n) is 4.31. The molecule has 1 unspecified atom stereocenters. The summed E-state index contributed by atoms with van der Waals surface area (Å²) in [5.41, 5.74) is 0.563. The van der Waals surface area contributed by atoms with Gasteiger partial charge < -0.3 is 23.7 Å². The zero-order valence-electron chi connectivity index (χ0n) is 18.3. The van der Waals surface area contributed by atoms with E-state index >= 15 is 0 Å². The Bertz CT molecular complexity index is 1150. The molecule has 1 aliphatic carbocycles. The highest BCUT2D eigenvalue weighted by Gasteiger charge is 2.40. The van der Waals surface area contributed by atoms with Crippen LogP contribution >= 0.6 is 0 Å². The Kier molecular flexibility index (Phi) is 6.76. The summed E-state index contributed by atoms with van der Waals surface area (Å²) in [7, 11) is 0. The molecule has 3 rings (SSSR count). The van der Waals surface area contributed by atoms with Crippen LogP contribution in [0.15, 0.2) is 47.1 Å². The summed E-state index contributed by atoms with van der Waals surface area (Å²) in [6.07, 6.45) is 2.12. The number of Topliss-reactive ketones (excluding diaryl/α,β-unsaturated/α-hetero) is 1. The largest absolute Gasteiger partial charge is 0.454 e. The second-order valence-electron chi connectivity index (χ2n) is 7.07. The molecule has 172 valence electrons. The van der Waals surface area contributed by atoms with Crippen LogP contribution in [0, 0.1) is 0 Å². The summed E-state index contributed by atoms with van der Waals surface area (Å²) in [5, 5.41) is 0. The smallest absolute Gasteiger partial charge is 0.308 e. The minimum absolute atomic E-state index is 0.0179. The summed E-state index contributed by atoms with van der Waals surface area (Å²) in [6.45, 7) is 4.77. The van der Waals surface area contributed by atoms with Gasteiger partial charge in [0.25, 0.3) is 0 Å². The quantitative estimate of drug-likeness (QED) is 0.370. The Morgan fingerprint density at radius 3 is 2.15 bits per heavy atom. The van der Waals surface area contributed by atoms with Crippen LogP contribution in [0.5, 0.6) is 11.5 Å². The number of ether oxygens (including phenoxy) is 5. The molecule has 2 aliphatic rings. The molecule has 1 saturated heterocycles. The van der Waals surface area contributed by atoms with Gasteiger partial charge in [-0.15, -0.1) is 0 Å². The van der Waals surface area contributed by atoms with Crippen LogP contribution in [0.25, 0.3) is 6.08 Å². The van der Waals surface area contributed by atoms with Crippen LogP contribution in [-0.2, 0) is 38.2 Å². The van der Waals surface area contributed by atoms with E-state index in [0.29, 0.717) is 5.56 Å². The number of carbonyl (C=O) groups excluding carboxylic acids is 5. The number of allylic oxidation sites excluding steroid dienone is 2. The van der Waals surface area contributed by atoms with Gasteiger partial charge in [-0.2, -0.15) is 0 Å². The second kappa shape index (κ2) is 9.51. The number of esters is 4. The molecule has 1 fully saturated rings. The normalized spacial score (nSPS) is 18.2. The average molecular weight is 456 g/mol. The number of rotatable bonds is 5. The Balaban J connectivity index is 1.99. The number of hydrogen-bond acceptors (Lipinski definition) is 10.